The van der Waals surface area contributed by atoms with Crippen molar-refractivity contribution in [2.45, 2.75) is 59.0 Å². The number of likely N-dealkylation sites (tertiary alicyclic amines) is 1. The van der Waals surface area contributed by atoms with Crippen molar-refractivity contribution in [1.29, 1.82) is 5.26 Å². The van der Waals surface area contributed by atoms with Crippen molar-refractivity contribution >= 4 is 22.8 Å². The van der Waals surface area contributed by atoms with Crippen molar-refractivity contribution in [2.75, 3.05) is 11.9 Å². The monoisotopic (exact) mass is 446 g/mol. The first-order valence-electron chi connectivity index (χ1n) is 11.3. The summed E-state index contributed by atoms with van der Waals surface area (Å²) >= 11 is 1.95. The van der Waals surface area contributed by atoms with Crippen LogP contribution in [0, 0.1) is 24.2 Å². The Morgan fingerprint density at radius 1 is 1.19 bits per heavy atom. The smallest absolute Gasteiger partial charge is 0.140 e. The zero-order valence-electron chi connectivity index (χ0n) is 19.0. The largest absolute Gasteiger partial charge is 0.339 e. The fourth-order valence-electron chi connectivity index (χ4n) is 4.24. The number of nitrogens with one attached hydrogen (secondary N) is 1. The maximum atomic E-state index is 8.95. The average Bonchev–Trinajstić information content (AvgIpc) is 3.20. The number of aryl methyl sites for hydroxylation is 1. The summed E-state index contributed by atoms with van der Waals surface area (Å²) in [4.78, 5) is 19.0. The van der Waals surface area contributed by atoms with Gasteiger partial charge < -0.3 is 5.32 Å². The summed E-state index contributed by atoms with van der Waals surface area (Å²) in [5.74, 6) is 2.21. The summed E-state index contributed by atoms with van der Waals surface area (Å²) in [5.41, 5.74) is 2.28. The molecule has 0 spiro atoms. The van der Waals surface area contributed by atoms with Crippen molar-refractivity contribution < 1.29 is 0 Å². The fourth-order valence-corrected chi connectivity index (χ4v) is 5.50. The summed E-state index contributed by atoms with van der Waals surface area (Å²) in [6.07, 6.45) is 6.37. The molecule has 6 nitrogen and oxygen atoms in total. The molecule has 4 rings (SSSR count). The predicted molar refractivity (Wildman–Crippen MR) is 129 cm³/mol. The Morgan fingerprint density at radius 3 is 2.78 bits per heavy atom. The first kappa shape index (κ1) is 22.4. The van der Waals surface area contributed by atoms with Crippen LogP contribution in [-0.2, 0) is 13.0 Å². The molecular formula is C25H30N6S. The van der Waals surface area contributed by atoms with E-state index in [4.69, 9.17) is 10.2 Å². The van der Waals surface area contributed by atoms with E-state index < -0.39 is 0 Å². The second-order valence-electron chi connectivity index (χ2n) is 8.84. The standard InChI is InChI=1S/C25H30N6S/c1-17(2)12-21-9-10-22(32-21)16-31-11-5-4-6-24(31)23-13-25(29-18(3)28-23)30-20-8-7-19(14-26)27-15-20/h7-10,13,15,17,24H,4-6,11-12,16H2,1-3H3,(H,28,29,30)/t24-/m0/s1. The van der Waals surface area contributed by atoms with Gasteiger partial charge in [-0.05, 0) is 62.9 Å². The minimum absolute atomic E-state index is 0.292. The minimum Gasteiger partial charge on any atom is -0.339 e. The van der Waals surface area contributed by atoms with Crippen LogP contribution in [0.3, 0.4) is 0 Å². The lowest BCUT2D eigenvalue weighted by atomic mass is 9.98. The van der Waals surface area contributed by atoms with Crippen molar-refractivity contribution in [1.82, 2.24) is 19.9 Å². The molecule has 4 heterocycles. The van der Waals surface area contributed by atoms with Crippen LogP contribution in [-0.4, -0.2) is 26.4 Å². The minimum atomic E-state index is 0.292. The maximum absolute atomic E-state index is 8.95. The maximum Gasteiger partial charge on any atom is 0.140 e. The van der Waals surface area contributed by atoms with E-state index in [2.05, 4.69) is 52.2 Å². The Hall–Kier alpha value is -2.82. The van der Waals surface area contributed by atoms with Crippen LogP contribution in [0.1, 0.15) is 66.1 Å². The number of hydrogen-bond donors (Lipinski definition) is 1. The second-order valence-corrected chi connectivity index (χ2v) is 10.1. The van der Waals surface area contributed by atoms with E-state index in [9.17, 15) is 0 Å². The SMILES string of the molecule is Cc1nc(Nc2ccc(C#N)nc2)cc([C@@H]2CCCCN2Cc2ccc(CC(C)C)s2)n1. The van der Waals surface area contributed by atoms with Gasteiger partial charge in [-0.2, -0.15) is 5.26 Å². The van der Waals surface area contributed by atoms with Gasteiger partial charge >= 0.3 is 0 Å². The zero-order valence-corrected chi connectivity index (χ0v) is 19.8. The van der Waals surface area contributed by atoms with Crippen LogP contribution < -0.4 is 5.32 Å². The lowest BCUT2D eigenvalue weighted by molar-refractivity contribution is 0.138. The molecule has 1 atom stereocenters. The second kappa shape index (κ2) is 10.2. The Bertz CT molecular complexity index is 1080. The third kappa shape index (κ3) is 5.70. The van der Waals surface area contributed by atoms with Gasteiger partial charge in [0.1, 0.15) is 23.4 Å². The third-order valence-corrected chi connectivity index (χ3v) is 6.74. The summed E-state index contributed by atoms with van der Waals surface area (Å²) < 4.78 is 0. The lowest BCUT2D eigenvalue weighted by Gasteiger charge is -2.35. The number of nitriles is 1. The third-order valence-electron chi connectivity index (χ3n) is 5.65. The molecule has 3 aromatic heterocycles. The molecule has 1 N–H and O–H groups in total. The topological polar surface area (TPSA) is 77.7 Å². The first-order valence-corrected chi connectivity index (χ1v) is 12.1. The predicted octanol–water partition coefficient (Wildman–Crippen LogP) is 5.78. The van der Waals surface area contributed by atoms with E-state index >= 15 is 0 Å². The molecule has 1 aliphatic heterocycles. The van der Waals surface area contributed by atoms with Crippen LogP contribution in [0.4, 0.5) is 11.5 Å². The highest BCUT2D eigenvalue weighted by Crippen LogP contribution is 2.33. The molecule has 0 aliphatic carbocycles. The summed E-state index contributed by atoms with van der Waals surface area (Å²) in [6, 6.07) is 12.5. The average molecular weight is 447 g/mol. The molecular weight excluding hydrogens is 416 g/mol. The highest BCUT2D eigenvalue weighted by Gasteiger charge is 2.26. The molecule has 0 amide bonds. The van der Waals surface area contributed by atoms with Gasteiger partial charge in [-0.25, -0.2) is 15.0 Å². The number of rotatable bonds is 7. The van der Waals surface area contributed by atoms with Gasteiger partial charge in [0.2, 0.25) is 0 Å². The fraction of sp³-hybridized carbons (Fsp3) is 0.440. The Kier molecular flexibility index (Phi) is 7.13. The highest BCUT2D eigenvalue weighted by molar-refractivity contribution is 7.11. The zero-order chi connectivity index (χ0) is 22.5. The van der Waals surface area contributed by atoms with E-state index in [1.54, 1.807) is 12.3 Å². The van der Waals surface area contributed by atoms with Gasteiger partial charge in [-0.15, -0.1) is 11.3 Å². The molecule has 1 fully saturated rings. The number of nitrogens with zero attached hydrogens (tertiary/aromatic N) is 5. The van der Waals surface area contributed by atoms with E-state index in [1.807, 2.05) is 30.4 Å². The molecule has 3 aromatic rings. The number of aromatic nitrogens is 3. The lowest BCUT2D eigenvalue weighted by Crippen LogP contribution is -2.33. The van der Waals surface area contributed by atoms with Crippen molar-refractivity contribution in [3.63, 3.8) is 0 Å². The molecule has 166 valence electrons. The molecule has 0 aromatic carbocycles. The number of thiophene rings is 1. The summed E-state index contributed by atoms with van der Waals surface area (Å²) in [5, 5.41) is 12.3. The summed E-state index contributed by atoms with van der Waals surface area (Å²) in [7, 11) is 0. The van der Waals surface area contributed by atoms with Crippen LogP contribution >= 0.6 is 11.3 Å². The van der Waals surface area contributed by atoms with Crippen molar-refractivity contribution in [3.05, 3.63) is 63.5 Å². The number of hydrogen-bond acceptors (Lipinski definition) is 7. The molecule has 0 radical (unpaired) electrons. The molecule has 32 heavy (non-hydrogen) atoms. The van der Waals surface area contributed by atoms with E-state index in [1.165, 1.54) is 22.6 Å². The van der Waals surface area contributed by atoms with Crippen molar-refractivity contribution in [3.8, 4) is 6.07 Å². The molecule has 7 heteroatoms. The van der Waals surface area contributed by atoms with Gasteiger partial charge in [-0.3, -0.25) is 4.90 Å². The molecule has 1 saturated heterocycles. The van der Waals surface area contributed by atoms with Gasteiger partial charge in [0.25, 0.3) is 0 Å². The van der Waals surface area contributed by atoms with Gasteiger partial charge in [0.15, 0.2) is 0 Å². The summed E-state index contributed by atoms with van der Waals surface area (Å²) in [6.45, 7) is 8.55. The molecule has 1 aliphatic rings. The van der Waals surface area contributed by atoms with Gasteiger partial charge in [-0.1, -0.05) is 20.3 Å². The Labute approximate surface area is 194 Å². The number of piperidine rings is 1. The van der Waals surface area contributed by atoms with Gasteiger partial charge in [0, 0.05) is 22.4 Å². The molecule has 0 bridgehead atoms. The first-order chi connectivity index (χ1) is 15.5. The molecule has 0 unspecified atom stereocenters. The van der Waals surface area contributed by atoms with Gasteiger partial charge in [0.05, 0.1) is 23.6 Å². The quantitative estimate of drug-likeness (QED) is 0.495. The highest BCUT2D eigenvalue weighted by atomic mass is 32.1. The molecule has 0 saturated carbocycles. The van der Waals surface area contributed by atoms with E-state index in [0.29, 0.717) is 17.7 Å². The van der Waals surface area contributed by atoms with E-state index in [0.717, 1.165) is 49.0 Å². The van der Waals surface area contributed by atoms with E-state index in [-0.39, 0.29) is 0 Å². The van der Waals surface area contributed by atoms with Crippen molar-refractivity contribution in [2.24, 2.45) is 5.92 Å². The van der Waals surface area contributed by atoms with Crippen LogP contribution in [0.25, 0.3) is 0 Å². The Balaban J connectivity index is 1.52. The Morgan fingerprint density at radius 2 is 2.03 bits per heavy atom. The normalized spacial score (nSPS) is 16.8. The number of pyridine rings is 1. The van der Waals surface area contributed by atoms with Crippen LogP contribution in [0.2, 0.25) is 0 Å². The van der Waals surface area contributed by atoms with Crippen LogP contribution in [0.15, 0.2) is 36.5 Å². The van der Waals surface area contributed by atoms with Crippen LogP contribution in [0.5, 0.6) is 0 Å². The number of anilines is 2.